The molecule has 0 aromatic heterocycles. The fourth-order valence-corrected chi connectivity index (χ4v) is 1.85. The Morgan fingerprint density at radius 2 is 1.89 bits per heavy atom. The zero-order chi connectivity index (χ0) is 14.5. The molecule has 0 aliphatic rings. The van der Waals surface area contributed by atoms with E-state index in [0.29, 0.717) is 6.54 Å². The average molecular weight is 263 g/mol. The molecule has 0 saturated heterocycles. The number of nitrogens with two attached hydrogens (primary N) is 2. The van der Waals surface area contributed by atoms with Crippen LogP contribution in [0.4, 0.5) is 5.69 Å². The normalized spacial score (nSPS) is 11.8. The first-order valence-electron chi connectivity index (χ1n) is 6.62. The smallest absolute Gasteiger partial charge is 0.231 e. The maximum absolute atomic E-state index is 11.2. The van der Waals surface area contributed by atoms with Crippen molar-refractivity contribution in [3.05, 3.63) is 29.8 Å². The molecule has 0 fully saturated rings. The van der Waals surface area contributed by atoms with Gasteiger partial charge in [-0.2, -0.15) is 0 Å². The van der Waals surface area contributed by atoms with Gasteiger partial charge >= 0.3 is 0 Å². The van der Waals surface area contributed by atoms with Crippen molar-refractivity contribution in [2.24, 2.45) is 11.1 Å². The number of nitrogens with zero attached hydrogens (tertiary/aromatic N) is 1. The van der Waals surface area contributed by atoms with Gasteiger partial charge in [0.15, 0.2) is 0 Å². The predicted molar refractivity (Wildman–Crippen MR) is 79.4 cm³/mol. The van der Waals surface area contributed by atoms with E-state index in [1.165, 1.54) is 0 Å². The Balaban J connectivity index is 2.69. The third-order valence-corrected chi connectivity index (χ3v) is 3.01. The van der Waals surface area contributed by atoms with E-state index in [0.717, 1.165) is 24.2 Å². The second-order valence-corrected chi connectivity index (χ2v) is 6.19. The molecule has 0 saturated carbocycles. The molecule has 1 aromatic carbocycles. The van der Waals surface area contributed by atoms with Crippen LogP contribution in [-0.2, 0) is 11.3 Å². The Labute approximate surface area is 115 Å². The highest BCUT2D eigenvalue weighted by Gasteiger charge is 2.15. The molecule has 106 valence electrons. The van der Waals surface area contributed by atoms with Crippen LogP contribution in [0.15, 0.2) is 24.3 Å². The van der Waals surface area contributed by atoms with E-state index in [4.69, 9.17) is 11.5 Å². The van der Waals surface area contributed by atoms with Gasteiger partial charge in [-0.25, -0.2) is 0 Å². The van der Waals surface area contributed by atoms with Crippen molar-refractivity contribution >= 4 is 11.6 Å². The monoisotopic (exact) mass is 263 g/mol. The van der Waals surface area contributed by atoms with Gasteiger partial charge in [0.05, 0.1) is 6.54 Å². The Kier molecular flexibility index (Phi) is 5.36. The lowest BCUT2D eigenvalue weighted by atomic mass is 9.92. The first-order valence-corrected chi connectivity index (χ1v) is 6.62. The van der Waals surface area contributed by atoms with Gasteiger partial charge in [0.2, 0.25) is 5.91 Å². The van der Waals surface area contributed by atoms with Crippen LogP contribution in [-0.4, -0.2) is 23.9 Å². The third-order valence-electron chi connectivity index (χ3n) is 3.01. The van der Waals surface area contributed by atoms with Gasteiger partial charge in [-0.15, -0.1) is 0 Å². The third kappa shape index (κ3) is 6.25. The van der Waals surface area contributed by atoms with Crippen LogP contribution < -0.4 is 11.5 Å². The molecule has 0 aliphatic heterocycles. The molecule has 0 spiro atoms. The lowest BCUT2D eigenvalue weighted by molar-refractivity contribution is -0.119. The predicted octanol–water partition coefficient (Wildman–Crippen LogP) is 1.99. The van der Waals surface area contributed by atoms with E-state index in [-0.39, 0.29) is 17.9 Å². The number of hydrogen-bond donors (Lipinski definition) is 2. The summed E-state index contributed by atoms with van der Waals surface area (Å²) in [6.45, 7) is 8.32. The Morgan fingerprint density at radius 3 is 2.42 bits per heavy atom. The highest BCUT2D eigenvalue weighted by molar-refractivity contribution is 5.75. The van der Waals surface area contributed by atoms with Crippen LogP contribution in [0.5, 0.6) is 0 Å². The highest BCUT2D eigenvalue weighted by Crippen LogP contribution is 2.20. The van der Waals surface area contributed by atoms with Crippen molar-refractivity contribution in [3.63, 3.8) is 0 Å². The minimum absolute atomic E-state index is 0.234. The van der Waals surface area contributed by atoms with Gasteiger partial charge in [0.25, 0.3) is 0 Å². The highest BCUT2D eigenvalue weighted by atomic mass is 16.1. The zero-order valence-electron chi connectivity index (χ0n) is 12.1. The van der Waals surface area contributed by atoms with E-state index in [9.17, 15) is 4.79 Å². The fraction of sp³-hybridized carbons (Fsp3) is 0.533. The summed E-state index contributed by atoms with van der Waals surface area (Å²) in [6.07, 6.45) is 1.01. The van der Waals surface area contributed by atoms with E-state index in [1.807, 2.05) is 24.3 Å². The minimum Gasteiger partial charge on any atom is -0.398 e. The van der Waals surface area contributed by atoms with E-state index >= 15 is 0 Å². The van der Waals surface area contributed by atoms with E-state index in [2.05, 4.69) is 25.7 Å². The van der Waals surface area contributed by atoms with Crippen molar-refractivity contribution in [3.8, 4) is 0 Å². The molecule has 1 aromatic rings. The molecule has 4 heteroatoms. The minimum atomic E-state index is -0.302. The van der Waals surface area contributed by atoms with Gasteiger partial charge in [0, 0.05) is 12.2 Å². The standard InChI is InChI=1S/C15H25N3O/c1-15(2,3)8-9-18(11-14(17)19)10-12-6-4-5-7-13(12)16/h4-7H,8-11,16H2,1-3H3,(H2,17,19). The van der Waals surface area contributed by atoms with Gasteiger partial charge in [-0.05, 0) is 30.0 Å². The van der Waals surface area contributed by atoms with E-state index in [1.54, 1.807) is 0 Å². The number of hydrogen-bond acceptors (Lipinski definition) is 3. The van der Waals surface area contributed by atoms with Crippen molar-refractivity contribution in [2.45, 2.75) is 33.7 Å². The van der Waals surface area contributed by atoms with Crippen molar-refractivity contribution in [1.82, 2.24) is 4.90 Å². The zero-order valence-corrected chi connectivity index (χ0v) is 12.1. The number of carbonyl (C=O) groups is 1. The summed E-state index contributed by atoms with van der Waals surface area (Å²) in [5.74, 6) is -0.302. The van der Waals surface area contributed by atoms with Crippen LogP contribution in [0.1, 0.15) is 32.8 Å². The lowest BCUT2D eigenvalue weighted by Crippen LogP contribution is -2.35. The number of rotatable bonds is 6. The summed E-state index contributed by atoms with van der Waals surface area (Å²) in [5, 5.41) is 0. The van der Waals surface area contributed by atoms with Crippen molar-refractivity contribution < 1.29 is 4.79 Å². The van der Waals surface area contributed by atoms with Crippen LogP contribution in [0, 0.1) is 5.41 Å². The first-order chi connectivity index (χ1) is 8.78. The number of carbonyl (C=O) groups excluding carboxylic acids is 1. The molecular formula is C15H25N3O. The first kappa shape index (κ1) is 15.5. The average Bonchev–Trinajstić information content (AvgIpc) is 2.27. The summed E-state index contributed by atoms with van der Waals surface area (Å²) in [5.41, 5.74) is 13.3. The fourth-order valence-electron chi connectivity index (χ4n) is 1.85. The SMILES string of the molecule is CC(C)(C)CCN(CC(N)=O)Cc1ccccc1N. The number of amides is 1. The number of para-hydroxylation sites is 1. The number of primary amides is 1. The second kappa shape index (κ2) is 6.57. The molecule has 19 heavy (non-hydrogen) atoms. The molecule has 4 nitrogen and oxygen atoms in total. The lowest BCUT2D eigenvalue weighted by Gasteiger charge is -2.26. The summed E-state index contributed by atoms with van der Waals surface area (Å²) < 4.78 is 0. The number of anilines is 1. The van der Waals surface area contributed by atoms with E-state index < -0.39 is 0 Å². The van der Waals surface area contributed by atoms with Crippen LogP contribution in [0.2, 0.25) is 0 Å². The molecule has 0 radical (unpaired) electrons. The van der Waals surface area contributed by atoms with Crippen molar-refractivity contribution in [1.29, 1.82) is 0 Å². The topological polar surface area (TPSA) is 72.3 Å². The quantitative estimate of drug-likeness (QED) is 0.771. The largest absolute Gasteiger partial charge is 0.398 e. The summed E-state index contributed by atoms with van der Waals surface area (Å²) in [7, 11) is 0. The molecule has 0 unspecified atom stereocenters. The summed E-state index contributed by atoms with van der Waals surface area (Å²) in [6, 6.07) is 7.73. The van der Waals surface area contributed by atoms with Crippen LogP contribution >= 0.6 is 0 Å². The van der Waals surface area contributed by atoms with Gasteiger partial charge in [-0.1, -0.05) is 39.0 Å². The molecule has 0 bridgehead atoms. The molecule has 4 N–H and O–H groups in total. The molecule has 0 aliphatic carbocycles. The molecule has 0 heterocycles. The molecule has 1 rings (SSSR count). The Morgan fingerprint density at radius 1 is 1.26 bits per heavy atom. The molecule has 0 atom stereocenters. The molecular weight excluding hydrogens is 238 g/mol. The number of benzene rings is 1. The Bertz CT molecular complexity index is 424. The van der Waals surface area contributed by atoms with Gasteiger partial charge < -0.3 is 11.5 Å². The second-order valence-electron chi connectivity index (χ2n) is 6.19. The Hall–Kier alpha value is -1.55. The maximum Gasteiger partial charge on any atom is 0.231 e. The number of nitrogen functional groups attached to an aromatic ring is 1. The van der Waals surface area contributed by atoms with Crippen molar-refractivity contribution in [2.75, 3.05) is 18.8 Å². The van der Waals surface area contributed by atoms with Crippen LogP contribution in [0.3, 0.4) is 0 Å². The van der Waals surface area contributed by atoms with Gasteiger partial charge in [0.1, 0.15) is 0 Å². The summed E-state index contributed by atoms with van der Waals surface area (Å²) in [4.78, 5) is 13.2. The van der Waals surface area contributed by atoms with Gasteiger partial charge in [-0.3, -0.25) is 9.69 Å². The van der Waals surface area contributed by atoms with Crippen LogP contribution in [0.25, 0.3) is 0 Å². The maximum atomic E-state index is 11.2. The summed E-state index contributed by atoms with van der Waals surface area (Å²) >= 11 is 0. The molecule has 1 amide bonds.